The molecule has 2 atom stereocenters. The Balaban J connectivity index is 2.85. The highest BCUT2D eigenvalue weighted by molar-refractivity contribution is 5.84. The fourth-order valence-electron chi connectivity index (χ4n) is 2.34. The monoisotopic (exact) mass is 256 g/mol. The van der Waals surface area contributed by atoms with Gasteiger partial charge in [0.15, 0.2) is 0 Å². The first-order chi connectivity index (χ1) is 8.14. The van der Waals surface area contributed by atoms with Gasteiger partial charge in [0.25, 0.3) is 0 Å². The molecule has 104 valence electrons. The number of hydrogen-bond donors (Lipinski definition) is 1. The summed E-state index contributed by atoms with van der Waals surface area (Å²) in [4.78, 5) is 27.0. The Morgan fingerprint density at radius 2 is 2.00 bits per heavy atom. The van der Waals surface area contributed by atoms with Crippen molar-refractivity contribution in [2.45, 2.75) is 58.2 Å². The topological polar surface area (TPSA) is 60.9 Å². The third-order valence-corrected chi connectivity index (χ3v) is 3.63. The summed E-state index contributed by atoms with van der Waals surface area (Å²) in [5, 5.41) is 8.76. The van der Waals surface area contributed by atoms with E-state index >= 15 is 0 Å². The summed E-state index contributed by atoms with van der Waals surface area (Å²) in [5.74, 6) is -0.805. The van der Waals surface area contributed by atoms with Crippen molar-refractivity contribution in [2.24, 2.45) is 0 Å². The molecule has 0 aromatic heterocycles. The van der Waals surface area contributed by atoms with Crippen molar-refractivity contribution in [3.63, 3.8) is 0 Å². The van der Waals surface area contributed by atoms with Crippen LogP contribution in [0, 0.1) is 0 Å². The third-order valence-electron chi connectivity index (χ3n) is 3.63. The molecule has 5 nitrogen and oxygen atoms in total. The van der Waals surface area contributed by atoms with Gasteiger partial charge in [-0.2, -0.15) is 0 Å². The Morgan fingerprint density at radius 3 is 2.44 bits per heavy atom. The zero-order valence-electron chi connectivity index (χ0n) is 11.9. The normalized spacial score (nSPS) is 26.5. The predicted molar refractivity (Wildman–Crippen MR) is 69.3 cm³/mol. The molecule has 1 N–H and O–H groups in total. The van der Waals surface area contributed by atoms with Crippen LogP contribution in [0.1, 0.15) is 40.5 Å². The molecule has 18 heavy (non-hydrogen) atoms. The van der Waals surface area contributed by atoms with Gasteiger partial charge in [-0.1, -0.05) is 0 Å². The van der Waals surface area contributed by atoms with Crippen LogP contribution in [-0.4, -0.2) is 58.0 Å². The van der Waals surface area contributed by atoms with E-state index in [0.29, 0.717) is 13.0 Å². The summed E-state index contributed by atoms with van der Waals surface area (Å²) < 4.78 is 0. The lowest BCUT2D eigenvalue weighted by molar-refractivity contribution is -0.150. The van der Waals surface area contributed by atoms with Gasteiger partial charge in [0.05, 0.1) is 6.04 Å². The van der Waals surface area contributed by atoms with Crippen molar-refractivity contribution >= 4 is 11.9 Å². The third kappa shape index (κ3) is 3.22. The molecule has 0 bridgehead atoms. The minimum atomic E-state index is -0.850. The fraction of sp³-hybridized carbons (Fsp3) is 0.846. The Bertz CT molecular complexity index is 336. The maximum Gasteiger partial charge on any atom is 0.303 e. The van der Waals surface area contributed by atoms with E-state index in [1.807, 2.05) is 37.6 Å². The molecule has 1 aliphatic heterocycles. The van der Waals surface area contributed by atoms with Crippen molar-refractivity contribution in [3.8, 4) is 0 Å². The molecule has 1 aliphatic rings. The van der Waals surface area contributed by atoms with Crippen LogP contribution in [0.5, 0.6) is 0 Å². The zero-order valence-corrected chi connectivity index (χ0v) is 11.9. The molecule has 1 rings (SSSR count). The first kappa shape index (κ1) is 15.0. The molecule has 5 heteroatoms. The zero-order chi connectivity index (χ0) is 14.1. The first-order valence-electron chi connectivity index (χ1n) is 6.39. The second-order valence-electron chi connectivity index (χ2n) is 6.08. The van der Waals surface area contributed by atoms with Gasteiger partial charge in [0.1, 0.15) is 0 Å². The van der Waals surface area contributed by atoms with Crippen LogP contribution in [0.15, 0.2) is 0 Å². The number of carbonyl (C=O) groups is 2. The van der Waals surface area contributed by atoms with E-state index in [9.17, 15) is 9.59 Å². The summed E-state index contributed by atoms with van der Waals surface area (Å²) in [5.41, 5.74) is -0.214. The molecule has 2 unspecified atom stereocenters. The highest BCUT2D eigenvalue weighted by Crippen LogP contribution is 2.25. The van der Waals surface area contributed by atoms with Crippen LogP contribution in [0.4, 0.5) is 0 Å². The second kappa shape index (κ2) is 5.26. The van der Waals surface area contributed by atoms with E-state index in [2.05, 4.69) is 6.92 Å². The number of hydrogen-bond acceptors (Lipinski definition) is 3. The lowest BCUT2D eigenvalue weighted by atomic mass is 9.96. The second-order valence-corrected chi connectivity index (χ2v) is 6.08. The number of aliphatic carboxylic acids is 1. The fourth-order valence-corrected chi connectivity index (χ4v) is 2.34. The molecule has 0 spiro atoms. The summed E-state index contributed by atoms with van der Waals surface area (Å²) in [6, 6.07) is -0.0650. The predicted octanol–water partition coefficient (Wildman–Crippen LogP) is 1.18. The van der Waals surface area contributed by atoms with Crippen molar-refractivity contribution < 1.29 is 14.7 Å². The minimum absolute atomic E-state index is 0.0332. The molecule has 0 radical (unpaired) electrons. The van der Waals surface area contributed by atoms with Crippen molar-refractivity contribution in [1.29, 1.82) is 0 Å². The van der Waals surface area contributed by atoms with Crippen molar-refractivity contribution in [2.75, 3.05) is 13.6 Å². The first-order valence-corrected chi connectivity index (χ1v) is 6.39. The van der Waals surface area contributed by atoms with Crippen LogP contribution >= 0.6 is 0 Å². The number of nitrogens with zero attached hydrogens (tertiary/aromatic N) is 2. The van der Waals surface area contributed by atoms with Crippen LogP contribution in [0.25, 0.3) is 0 Å². The van der Waals surface area contributed by atoms with Gasteiger partial charge in [-0.05, 0) is 41.2 Å². The number of piperazine rings is 1. The molecule has 0 aromatic carbocycles. The Labute approximate surface area is 109 Å². The molecule has 1 amide bonds. The number of likely N-dealkylation sites (N-methyl/N-ethyl adjacent to an activating group) is 1. The molecule has 1 heterocycles. The Hall–Kier alpha value is -1.10. The molecule has 1 saturated heterocycles. The number of amides is 1. The number of carboxylic acid groups (broad SMARTS) is 1. The average molecular weight is 256 g/mol. The van der Waals surface area contributed by atoms with Gasteiger partial charge < -0.3 is 10.0 Å². The van der Waals surface area contributed by atoms with Crippen molar-refractivity contribution in [3.05, 3.63) is 0 Å². The van der Waals surface area contributed by atoms with Crippen LogP contribution in [0.3, 0.4) is 0 Å². The number of carboxylic acids is 1. The van der Waals surface area contributed by atoms with E-state index in [-0.39, 0.29) is 30.0 Å². The molecule has 0 aliphatic carbocycles. The van der Waals surface area contributed by atoms with Gasteiger partial charge in [0, 0.05) is 24.5 Å². The number of carbonyl (C=O) groups excluding carboxylic acids is 1. The molecular formula is C13H24N2O3. The van der Waals surface area contributed by atoms with Crippen LogP contribution < -0.4 is 0 Å². The summed E-state index contributed by atoms with van der Waals surface area (Å²) in [6.45, 7) is 8.80. The molecule has 1 fully saturated rings. The van der Waals surface area contributed by atoms with Gasteiger partial charge in [-0.15, -0.1) is 0 Å². The summed E-state index contributed by atoms with van der Waals surface area (Å²) in [7, 11) is 1.90. The van der Waals surface area contributed by atoms with Crippen LogP contribution in [0.2, 0.25) is 0 Å². The Morgan fingerprint density at radius 1 is 1.44 bits per heavy atom. The smallest absolute Gasteiger partial charge is 0.303 e. The van der Waals surface area contributed by atoms with E-state index < -0.39 is 5.97 Å². The highest BCUT2D eigenvalue weighted by atomic mass is 16.4. The summed E-state index contributed by atoms with van der Waals surface area (Å²) in [6.07, 6.45) is 0.410. The maximum absolute atomic E-state index is 12.4. The van der Waals surface area contributed by atoms with E-state index in [0.717, 1.165) is 0 Å². The molecular weight excluding hydrogens is 232 g/mol. The van der Waals surface area contributed by atoms with E-state index in [1.54, 1.807) is 0 Å². The minimum Gasteiger partial charge on any atom is -0.481 e. The summed E-state index contributed by atoms with van der Waals surface area (Å²) >= 11 is 0. The van der Waals surface area contributed by atoms with Gasteiger partial charge in [-0.25, -0.2) is 0 Å². The van der Waals surface area contributed by atoms with E-state index in [1.165, 1.54) is 0 Å². The molecule has 0 aromatic rings. The standard InChI is InChI=1S/C13H24N2O3/c1-9-8-15(13(2,3)4)12(18)10(14(9)5)6-7-11(16)17/h9-10H,6-8H2,1-5H3,(H,16,17). The lowest BCUT2D eigenvalue weighted by Crippen LogP contribution is -2.63. The maximum atomic E-state index is 12.4. The largest absolute Gasteiger partial charge is 0.481 e. The quantitative estimate of drug-likeness (QED) is 0.823. The SMILES string of the molecule is CC1CN(C(C)(C)C)C(=O)C(CCC(=O)O)N1C. The number of rotatable bonds is 3. The molecule has 0 saturated carbocycles. The van der Waals surface area contributed by atoms with E-state index in [4.69, 9.17) is 5.11 Å². The van der Waals surface area contributed by atoms with Gasteiger partial charge in [0.2, 0.25) is 5.91 Å². The Kier molecular flexibility index (Phi) is 4.37. The highest BCUT2D eigenvalue weighted by Gasteiger charge is 2.40. The van der Waals surface area contributed by atoms with Gasteiger partial charge in [-0.3, -0.25) is 14.5 Å². The van der Waals surface area contributed by atoms with Gasteiger partial charge >= 0.3 is 5.97 Å². The average Bonchev–Trinajstić information content (AvgIpc) is 2.21. The van der Waals surface area contributed by atoms with Crippen LogP contribution in [-0.2, 0) is 9.59 Å². The van der Waals surface area contributed by atoms with Crippen molar-refractivity contribution in [1.82, 2.24) is 9.80 Å². The lowest BCUT2D eigenvalue weighted by Gasteiger charge is -2.48.